The van der Waals surface area contributed by atoms with E-state index < -0.39 is 6.09 Å². The molecule has 15 heavy (non-hydrogen) atoms. The predicted molar refractivity (Wildman–Crippen MR) is 55.1 cm³/mol. The standard InChI is InChI=1S/C11H13NO3/c1-11(2)6-7-4-3-5-8(9(7)15-11)14-10(12)13/h3-5H,6H2,1-2H3,(H2,12,13). The van der Waals surface area contributed by atoms with E-state index in [2.05, 4.69) is 0 Å². The lowest BCUT2D eigenvalue weighted by atomic mass is 10.0. The molecule has 0 unspecified atom stereocenters. The van der Waals surface area contributed by atoms with Crippen molar-refractivity contribution in [3.63, 3.8) is 0 Å². The van der Waals surface area contributed by atoms with Gasteiger partial charge in [0.15, 0.2) is 11.5 Å². The van der Waals surface area contributed by atoms with Crippen molar-refractivity contribution in [2.75, 3.05) is 0 Å². The van der Waals surface area contributed by atoms with Gasteiger partial charge in [-0.1, -0.05) is 12.1 Å². The van der Waals surface area contributed by atoms with Crippen LogP contribution >= 0.6 is 0 Å². The van der Waals surface area contributed by atoms with Crippen molar-refractivity contribution in [1.29, 1.82) is 0 Å². The van der Waals surface area contributed by atoms with Crippen LogP contribution in [0.2, 0.25) is 0 Å². The third-order valence-corrected chi connectivity index (χ3v) is 2.27. The van der Waals surface area contributed by atoms with Crippen molar-refractivity contribution in [1.82, 2.24) is 0 Å². The first-order valence-corrected chi connectivity index (χ1v) is 4.76. The molecule has 0 bridgehead atoms. The van der Waals surface area contributed by atoms with Gasteiger partial charge in [0.1, 0.15) is 5.60 Å². The Morgan fingerprint density at radius 2 is 2.27 bits per heavy atom. The van der Waals surface area contributed by atoms with Gasteiger partial charge >= 0.3 is 6.09 Å². The first kappa shape index (κ1) is 9.83. The topological polar surface area (TPSA) is 61.5 Å². The minimum Gasteiger partial charge on any atom is -0.483 e. The molecule has 1 amide bonds. The minimum absolute atomic E-state index is 0.251. The van der Waals surface area contributed by atoms with Gasteiger partial charge in [-0.25, -0.2) is 4.79 Å². The molecule has 2 N–H and O–H groups in total. The fourth-order valence-electron chi connectivity index (χ4n) is 1.78. The Bertz CT molecular complexity index is 412. The van der Waals surface area contributed by atoms with Gasteiger partial charge in [-0.3, -0.25) is 0 Å². The zero-order chi connectivity index (χ0) is 11.1. The second kappa shape index (κ2) is 3.15. The van der Waals surface area contributed by atoms with Crippen LogP contribution in [-0.4, -0.2) is 11.7 Å². The Morgan fingerprint density at radius 1 is 1.53 bits per heavy atom. The number of nitrogens with two attached hydrogens (primary N) is 1. The van der Waals surface area contributed by atoms with Gasteiger partial charge in [-0.2, -0.15) is 0 Å². The Hall–Kier alpha value is -1.71. The molecule has 1 aromatic carbocycles. The average Bonchev–Trinajstić information content (AvgIpc) is 2.39. The zero-order valence-corrected chi connectivity index (χ0v) is 8.74. The van der Waals surface area contributed by atoms with Crippen LogP contribution in [0, 0.1) is 0 Å². The molecule has 0 atom stereocenters. The van der Waals surface area contributed by atoms with Crippen molar-refractivity contribution < 1.29 is 14.3 Å². The van der Waals surface area contributed by atoms with E-state index in [1.54, 1.807) is 6.07 Å². The summed E-state index contributed by atoms with van der Waals surface area (Å²) in [5, 5.41) is 0. The van der Waals surface area contributed by atoms with E-state index in [9.17, 15) is 4.79 Å². The summed E-state index contributed by atoms with van der Waals surface area (Å²) in [6.07, 6.45) is -0.0186. The molecule has 1 heterocycles. The summed E-state index contributed by atoms with van der Waals surface area (Å²) in [5.41, 5.74) is 5.76. The van der Waals surface area contributed by atoms with E-state index in [1.165, 1.54) is 0 Å². The van der Waals surface area contributed by atoms with E-state index in [4.69, 9.17) is 15.2 Å². The predicted octanol–water partition coefficient (Wildman–Crippen LogP) is 1.86. The van der Waals surface area contributed by atoms with Gasteiger partial charge in [0, 0.05) is 12.0 Å². The first-order valence-electron chi connectivity index (χ1n) is 4.76. The summed E-state index contributed by atoms with van der Waals surface area (Å²) in [6.45, 7) is 3.97. The molecule has 80 valence electrons. The maximum atomic E-state index is 10.7. The molecule has 0 radical (unpaired) electrons. The Labute approximate surface area is 88.0 Å². The van der Waals surface area contributed by atoms with Crippen LogP contribution in [0.4, 0.5) is 4.79 Å². The number of carbonyl (C=O) groups is 1. The number of hydrogen-bond acceptors (Lipinski definition) is 3. The number of benzene rings is 1. The summed E-state index contributed by atoms with van der Waals surface area (Å²) in [4.78, 5) is 10.7. The molecule has 1 aliphatic rings. The summed E-state index contributed by atoms with van der Waals surface area (Å²) < 4.78 is 10.6. The highest BCUT2D eigenvalue weighted by molar-refractivity contribution is 5.70. The van der Waals surface area contributed by atoms with Crippen LogP contribution in [0.15, 0.2) is 18.2 Å². The van der Waals surface area contributed by atoms with E-state index in [0.29, 0.717) is 11.5 Å². The van der Waals surface area contributed by atoms with Crippen LogP contribution < -0.4 is 15.2 Å². The third kappa shape index (κ3) is 1.88. The highest BCUT2D eigenvalue weighted by Gasteiger charge is 2.32. The number of hydrogen-bond donors (Lipinski definition) is 1. The molecule has 1 aliphatic heterocycles. The third-order valence-electron chi connectivity index (χ3n) is 2.27. The number of carbonyl (C=O) groups excluding carboxylic acids is 1. The number of rotatable bonds is 1. The number of fused-ring (bicyclic) bond motifs is 1. The number of amides is 1. The largest absolute Gasteiger partial charge is 0.483 e. The summed E-state index contributed by atoms with van der Waals surface area (Å²) in [7, 11) is 0. The van der Waals surface area contributed by atoms with E-state index >= 15 is 0 Å². The molecule has 2 rings (SSSR count). The summed E-state index contributed by atoms with van der Waals surface area (Å²) >= 11 is 0. The maximum Gasteiger partial charge on any atom is 0.410 e. The lowest BCUT2D eigenvalue weighted by Crippen LogP contribution is -2.25. The average molecular weight is 207 g/mol. The normalized spacial score (nSPS) is 16.7. The van der Waals surface area contributed by atoms with Gasteiger partial charge in [0.2, 0.25) is 0 Å². The molecule has 0 aromatic heterocycles. The molecule has 1 aromatic rings. The highest BCUT2D eigenvalue weighted by Crippen LogP contribution is 2.41. The van der Waals surface area contributed by atoms with Gasteiger partial charge < -0.3 is 15.2 Å². The number of ether oxygens (including phenoxy) is 2. The van der Waals surface area contributed by atoms with Crippen molar-refractivity contribution in [3.8, 4) is 11.5 Å². The van der Waals surface area contributed by atoms with Crippen molar-refractivity contribution in [2.45, 2.75) is 25.9 Å². The molecule has 0 fully saturated rings. The van der Waals surface area contributed by atoms with E-state index in [-0.39, 0.29) is 5.60 Å². The van der Waals surface area contributed by atoms with Crippen LogP contribution in [-0.2, 0) is 6.42 Å². The van der Waals surface area contributed by atoms with Crippen LogP contribution in [0.5, 0.6) is 11.5 Å². The fourth-order valence-corrected chi connectivity index (χ4v) is 1.78. The van der Waals surface area contributed by atoms with Crippen LogP contribution in [0.25, 0.3) is 0 Å². The highest BCUT2D eigenvalue weighted by atomic mass is 16.6. The van der Waals surface area contributed by atoms with Gasteiger partial charge in [-0.05, 0) is 19.9 Å². The minimum atomic E-state index is -0.822. The molecule has 0 spiro atoms. The van der Waals surface area contributed by atoms with E-state index in [0.717, 1.165) is 12.0 Å². The van der Waals surface area contributed by atoms with E-state index in [1.807, 2.05) is 26.0 Å². The van der Waals surface area contributed by atoms with Gasteiger partial charge in [0.05, 0.1) is 0 Å². The Balaban J connectivity index is 2.37. The summed E-state index contributed by atoms with van der Waals surface area (Å²) in [6, 6.07) is 5.45. The fraction of sp³-hybridized carbons (Fsp3) is 0.364. The zero-order valence-electron chi connectivity index (χ0n) is 8.74. The molecular weight excluding hydrogens is 194 g/mol. The lowest BCUT2D eigenvalue weighted by Gasteiger charge is -2.17. The van der Waals surface area contributed by atoms with Crippen LogP contribution in [0.1, 0.15) is 19.4 Å². The molecule has 4 heteroatoms. The van der Waals surface area contributed by atoms with Crippen LogP contribution in [0.3, 0.4) is 0 Å². The smallest absolute Gasteiger partial charge is 0.410 e. The molecule has 0 saturated heterocycles. The summed E-state index contributed by atoms with van der Waals surface area (Å²) in [5.74, 6) is 1.02. The molecule has 0 aliphatic carbocycles. The van der Waals surface area contributed by atoms with Gasteiger partial charge in [0.25, 0.3) is 0 Å². The lowest BCUT2D eigenvalue weighted by molar-refractivity contribution is 0.133. The van der Waals surface area contributed by atoms with Crippen molar-refractivity contribution >= 4 is 6.09 Å². The monoisotopic (exact) mass is 207 g/mol. The second-order valence-corrected chi connectivity index (χ2v) is 4.20. The molecular formula is C11H13NO3. The maximum absolute atomic E-state index is 10.7. The Morgan fingerprint density at radius 3 is 2.93 bits per heavy atom. The van der Waals surface area contributed by atoms with Crippen molar-refractivity contribution in [3.05, 3.63) is 23.8 Å². The van der Waals surface area contributed by atoms with Crippen molar-refractivity contribution in [2.24, 2.45) is 5.73 Å². The Kier molecular flexibility index (Phi) is 2.07. The number of primary amides is 1. The quantitative estimate of drug-likeness (QED) is 0.764. The number of para-hydroxylation sites is 1. The second-order valence-electron chi connectivity index (χ2n) is 4.20. The SMILES string of the molecule is CC1(C)Cc2cccc(OC(N)=O)c2O1. The molecule has 4 nitrogen and oxygen atoms in total. The van der Waals surface area contributed by atoms with Gasteiger partial charge in [-0.15, -0.1) is 0 Å². The molecule has 0 saturated carbocycles. The first-order chi connectivity index (χ1) is 6.98.